The van der Waals surface area contributed by atoms with Gasteiger partial charge in [-0.3, -0.25) is 9.78 Å². The minimum absolute atomic E-state index is 0.0140. The molecule has 3 rings (SSSR count). The summed E-state index contributed by atoms with van der Waals surface area (Å²) in [5, 5.41) is 14.0. The van der Waals surface area contributed by atoms with Gasteiger partial charge in [-0.15, -0.1) is 11.3 Å². The van der Waals surface area contributed by atoms with Gasteiger partial charge in [-0.25, -0.2) is 9.59 Å². The van der Waals surface area contributed by atoms with Crippen LogP contribution in [0.4, 0.5) is 4.79 Å². The smallest absolute Gasteiger partial charge is 0.408 e. The molecule has 8 nitrogen and oxygen atoms in total. The van der Waals surface area contributed by atoms with Crippen molar-refractivity contribution in [2.75, 3.05) is 6.54 Å². The molecule has 9 heteroatoms. The van der Waals surface area contributed by atoms with Gasteiger partial charge in [0.05, 0.1) is 15.1 Å². The fraction of sp³-hybridized carbons (Fsp3) is 0.158. The zero-order chi connectivity index (χ0) is 19.9. The van der Waals surface area contributed by atoms with Gasteiger partial charge in [0.1, 0.15) is 12.6 Å². The minimum atomic E-state index is -1.32. The van der Waals surface area contributed by atoms with Crippen molar-refractivity contribution >= 4 is 39.5 Å². The maximum atomic E-state index is 12.3. The Hall–Kier alpha value is -3.46. The quantitative estimate of drug-likeness (QED) is 0.562. The highest BCUT2D eigenvalue weighted by Crippen LogP contribution is 2.23. The monoisotopic (exact) mass is 399 g/mol. The summed E-state index contributed by atoms with van der Waals surface area (Å²) in [6.07, 6.45) is 0.749. The highest BCUT2D eigenvalue weighted by Gasteiger charge is 2.22. The van der Waals surface area contributed by atoms with E-state index in [2.05, 4.69) is 15.6 Å². The molecule has 2 amide bonds. The summed E-state index contributed by atoms with van der Waals surface area (Å²) < 4.78 is 5.86. The Bertz CT molecular complexity index is 956. The van der Waals surface area contributed by atoms with Gasteiger partial charge in [-0.05, 0) is 23.8 Å². The van der Waals surface area contributed by atoms with Crippen molar-refractivity contribution in [3.05, 3.63) is 65.2 Å². The summed E-state index contributed by atoms with van der Waals surface area (Å²) in [5.74, 6) is -1.72. The number of alkyl carbamates (subject to hydrolysis) is 1. The second kappa shape index (κ2) is 8.96. The van der Waals surface area contributed by atoms with E-state index in [0.29, 0.717) is 10.4 Å². The van der Waals surface area contributed by atoms with E-state index in [9.17, 15) is 19.5 Å². The van der Waals surface area contributed by atoms with Gasteiger partial charge in [0.25, 0.3) is 5.91 Å². The molecule has 1 unspecified atom stereocenters. The number of hydrogen-bond acceptors (Lipinski definition) is 6. The molecule has 3 aromatic rings. The van der Waals surface area contributed by atoms with Crippen molar-refractivity contribution in [1.29, 1.82) is 0 Å². The molecule has 1 aromatic carbocycles. The first kappa shape index (κ1) is 19.3. The number of fused-ring (bicyclic) bond motifs is 1. The Kier molecular flexibility index (Phi) is 6.18. The Labute approximate surface area is 164 Å². The lowest BCUT2D eigenvalue weighted by molar-refractivity contribution is -0.139. The number of ether oxygens (including phenoxy) is 1. The Balaban J connectivity index is 1.53. The van der Waals surface area contributed by atoms with E-state index >= 15 is 0 Å². The van der Waals surface area contributed by atoms with Crippen molar-refractivity contribution < 1.29 is 24.2 Å². The third-order valence-corrected chi connectivity index (χ3v) is 4.87. The summed E-state index contributed by atoms with van der Waals surface area (Å²) >= 11 is 1.25. The normalized spacial score (nSPS) is 11.6. The number of benzene rings is 1. The van der Waals surface area contributed by atoms with Gasteiger partial charge in [0.2, 0.25) is 0 Å². The molecule has 3 N–H and O–H groups in total. The van der Waals surface area contributed by atoms with Crippen molar-refractivity contribution in [2.45, 2.75) is 12.6 Å². The van der Waals surface area contributed by atoms with Gasteiger partial charge in [-0.2, -0.15) is 0 Å². The molecule has 28 heavy (non-hydrogen) atoms. The van der Waals surface area contributed by atoms with Crippen LogP contribution in [0, 0.1) is 0 Å². The zero-order valence-electron chi connectivity index (χ0n) is 14.6. The molecule has 2 aromatic heterocycles. The maximum absolute atomic E-state index is 12.3. The van der Waals surface area contributed by atoms with Gasteiger partial charge in [0.15, 0.2) is 0 Å². The summed E-state index contributed by atoms with van der Waals surface area (Å²) in [7, 11) is 0. The van der Waals surface area contributed by atoms with Crippen LogP contribution in [0.1, 0.15) is 15.2 Å². The number of pyridine rings is 1. The number of hydrogen-bond donors (Lipinski definition) is 3. The molecule has 0 aliphatic rings. The number of aromatic nitrogens is 1. The number of carboxylic acids is 1. The topological polar surface area (TPSA) is 118 Å². The van der Waals surface area contributed by atoms with Crippen molar-refractivity contribution in [2.24, 2.45) is 0 Å². The number of thiophene rings is 1. The molecule has 1 atom stereocenters. The van der Waals surface area contributed by atoms with E-state index < -0.39 is 24.0 Å². The molecule has 2 heterocycles. The van der Waals surface area contributed by atoms with E-state index in [0.717, 1.165) is 10.3 Å². The van der Waals surface area contributed by atoms with Crippen LogP contribution < -0.4 is 10.6 Å². The number of rotatable bonds is 7. The van der Waals surface area contributed by atoms with Crippen LogP contribution >= 0.6 is 11.3 Å². The van der Waals surface area contributed by atoms with Crippen molar-refractivity contribution in [3.8, 4) is 0 Å². The Morgan fingerprint density at radius 1 is 1.14 bits per heavy atom. The Morgan fingerprint density at radius 3 is 2.64 bits per heavy atom. The van der Waals surface area contributed by atoms with Gasteiger partial charge in [-0.1, -0.05) is 30.3 Å². The van der Waals surface area contributed by atoms with Gasteiger partial charge < -0.3 is 20.5 Å². The Morgan fingerprint density at radius 2 is 1.93 bits per heavy atom. The SMILES string of the molecule is O=C(NC(CNC(=O)c1cc2ncccc2s1)C(=O)O)OCc1ccccc1. The number of carbonyl (C=O) groups excluding carboxylic acids is 2. The number of amides is 2. The lowest BCUT2D eigenvalue weighted by Crippen LogP contribution is -2.48. The van der Waals surface area contributed by atoms with Crippen LogP contribution in [0.25, 0.3) is 10.2 Å². The highest BCUT2D eigenvalue weighted by molar-refractivity contribution is 7.20. The van der Waals surface area contributed by atoms with Crippen molar-refractivity contribution in [1.82, 2.24) is 15.6 Å². The summed E-state index contributed by atoms with van der Waals surface area (Å²) in [6, 6.07) is 12.9. The fourth-order valence-corrected chi connectivity index (χ4v) is 3.31. The van der Waals surface area contributed by atoms with E-state index in [1.54, 1.807) is 42.6 Å². The molecule has 0 fully saturated rings. The molecular weight excluding hydrogens is 382 g/mol. The largest absolute Gasteiger partial charge is 0.480 e. The number of carbonyl (C=O) groups is 3. The molecule has 0 aliphatic heterocycles. The zero-order valence-corrected chi connectivity index (χ0v) is 15.4. The summed E-state index contributed by atoms with van der Waals surface area (Å²) in [4.78, 5) is 40.1. The number of carboxylic acid groups (broad SMARTS) is 1. The van der Waals surface area contributed by atoms with Crippen LogP contribution in [-0.2, 0) is 16.1 Å². The number of nitrogens with zero attached hydrogens (tertiary/aromatic N) is 1. The molecule has 0 saturated carbocycles. The van der Waals surface area contributed by atoms with Crippen LogP contribution in [0.15, 0.2) is 54.7 Å². The first-order valence-electron chi connectivity index (χ1n) is 8.35. The second-order valence-electron chi connectivity index (χ2n) is 5.80. The molecule has 0 aliphatic carbocycles. The molecule has 0 radical (unpaired) electrons. The summed E-state index contributed by atoms with van der Waals surface area (Å²) in [5.41, 5.74) is 1.46. The van der Waals surface area contributed by atoms with E-state index in [4.69, 9.17) is 4.74 Å². The predicted molar refractivity (Wildman–Crippen MR) is 103 cm³/mol. The lowest BCUT2D eigenvalue weighted by Gasteiger charge is -2.15. The lowest BCUT2D eigenvalue weighted by atomic mass is 10.2. The van der Waals surface area contributed by atoms with Crippen molar-refractivity contribution in [3.63, 3.8) is 0 Å². The molecule has 0 saturated heterocycles. The average molecular weight is 399 g/mol. The third-order valence-electron chi connectivity index (χ3n) is 3.78. The molecule has 0 spiro atoms. The average Bonchev–Trinajstić information content (AvgIpc) is 3.14. The highest BCUT2D eigenvalue weighted by atomic mass is 32.1. The summed E-state index contributed by atoms with van der Waals surface area (Å²) in [6.45, 7) is -0.267. The van der Waals surface area contributed by atoms with Crippen LogP contribution in [0.3, 0.4) is 0 Å². The number of nitrogens with one attached hydrogen (secondary N) is 2. The molecule has 0 bridgehead atoms. The first-order valence-corrected chi connectivity index (χ1v) is 9.17. The fourth-order valence-electron chi connectivity index (χ4n) is 2.37. The minimum Gasteiger partial charge on any atom is -0.480 e. The number of aliphatic carboxylic acids is 1. The van der Waals surface area contributed by atoms with E-state index in [1.807, 2.05) is 12.1 Å². The standard InChI is InChI=1S/C19H17N3O5S/c23-17(16-9-13-15(28-16)7-4-8-20-13)21-10-14(18(24)25)22-19(26)27-11-12-5-2-1-3-6-12/h1-9,14H,10-11H2,(H,21,23)(H,22,26)(H,24,25). The van der Waals surface area contributed by atoms with E-state index in [1.165, 1.54) is 11.3 Å². The second-order valence-corrected chi connectivity index (χ2v) is 6.89. The molecular formula is C19H17N3O5S. The van der Waals surface area contributed by atoms with Crippen LogP contribution in [-0.4, -0.2) is 40.6 Å². The predicted octanol–water partition coefficient (Wildman–Crippen LogP) is 2.41. The van der Waals surface area contributed by atoms with Gasteiger partial charge in [0, 0.05) is 12.7 Å². The van der Waals surface area contributed by atoms with Crippen LogP contribution in [0.2, 0.25) is 0 Å². The van der Waals surface area contributed by atoms with E-state index in [-0.39, 0.29) is 13.2 Å². The molecule has 144 valence electrons. The maximum Gasteiger partial charge on any atom is 0.408 e. The third kappa shape index (κ3) is 5.04. The van der Waals surface area contributed by atoms with Gasteiger partial charge >= 0.3 is 12.1 Å². The first-order chi connectivity index (χ1) is 13.5. The van der Waals surface area contributed by atoms with Crippen LogP contribution in [0.5, 0.6) is 0 Å².